The van der Waals surface area contributed by atoms with Gasteiger partial charge in [-0.3, -0.25) is 0 Å². The fourth-order valence-electron chi connectivity index (χ4n) is 5.23. The molecule has 5 rings (SSSR count). The number of halogens is 2. The molecule has 2 heteroatoms. The molecule has 182 valence electrons. The highest BCUT2D eigenvalue weighted by atomic mass is 79.9. The van der Waals surface area contributed by atoms with Crippen LogP contribution in [-0.4, -0.2) is 0 Å². The normalized spacial score (nSPS) is 11.4. The third-order valence-electron chi connectivity index (χ3n) is 7.16. The smallest absolute Gasteiger partial charge is 0.0181 e. The number of rotatable bonds is 8. The van der Waals surface area contributed by atoms with Crippen LogP contribution in [0.5, 0.6) is 0 Å². The first-order chi connectivity index (χ1) is 17.6. The van der Waals surface area contributed by atoms with Gasteiger partial charge in [0.2, 0.25) is 0 Å². The van der Waals surface area contributed by atoms with Gasteiger partial charge < -0.3 is 0 Å². The highest BCUT2D eigenvalue weighted by molar-refractivity contribution is 9.10. The Hall–Kier alpha value is -2.42. The van der Waals surface area contributed by atoms with E-state index in [4.69, 9.17) is 0 Å². The molecule has 0 radical (unpaired) electrons. The SMILES string of the molecule is CCCCc1ccc(-c2c3ccc(Br)cc3c(-c3ccc(CCCC)cc3)c3ccc(Br)cc23)cc1. The van der Waals surface area contributed by atoms with Gasteiger partial charge in [0.1, 0.15) is 0 Å². The Morgan fingerprint density at radius 2 is 0.861 bits per heavy atom. The third kappa shape index (κ3) is 5.17. The van der Waals surface area contributed by atoms with E-state index in [-0.39, 0.29) is 0 Å². The van der Waals surface area contributed by atoms with Crippen LogP contribution in [0.2, 0.25) is 0 Å². The largest absolute Gasteiger partial charge is 0.0654 e. The van der Waals surface area contributed by atoms with E-state index in [0.29, 0.717) is 0 Å². The highest BCUT2D eigenvalue weighted by Crippen LogP contribution is 2.45. The van der Waals surface area contributed by atoms with Gasteiger partial charge in [0, 0.05) is 8.95 Å². The van der Waals surface area contributed by atoms with Crippen molar-refractivity contribution in [2.45, 2.75) is 52.4 Å². The Kier molecular flexibility index (Phi) is 7.93. The van der Waals surface area contributed by atoms with Crippen LogP contribution in [0.4, 0.5) is 0 Å². The van der Waals surface area contributed by atoms with Gasteiger partial charge in [0.15, 0.2) is 0 Å². The van der Waals surface area contributed by atoms with Crippen molar-refractivity contribution in [3.63, 3.8) is 0 Å². The van der Waals surface area contributed by atoms with Crippen molar-refractivity contribution in [1.82, 2.24) is 0 Å². The average Bonchev–Trinajstić information content (AvgIpc) is 2.90. The van der Waals surface area contributed by atoms with Crippen LogP contribution < -0.4 is 0 Å². The van der Waals surface area contributed by atoms with Gasteiger partial charge in [-0.2, -0.15) is 0 Å². The van der Waals surface area contributed by atoms with Gasteiger partial charge in [-0.15, -0.1) is 0 Å². The molecule has 0 nitrogen and oxygen atoms in total. The molecular formula is C34H32Br2. The van der Waals surface area contributed by atoms with Crippen molar-refractivity contribution in [1.29, 1.82) is 0 Å². The van der Waals surface area contributed by atoms with E-state index < -0.39 is 0 Å². The molecule has 0 aromatic heterocycles. The first-order valence-electron chi connectivity index (χ1n) is 13.1. The van der Waals surface area contributed by atoms with E-state index in [2.05, 4.69) is 131 Å². The molecule has 0 unspecified atom stereocenters. The first-order valence-corrected chi connectivity index (χ1v) is 14.7. The minimum Gasteiger partial charge on any atom is -0.0654 e. The quantitative estimate of drug-likeness (QED) is 0.156. The highest BCUT2D eigenvalue weighted by Gasteiger charge is 2.17. The van der Waals surface area contributed by atoms with Crippen LogP contribution in [0.15, 0.2) is 93.9 Å². The molecule has 0 bridgehead atoms. The van der Waals surface area contributed by atoms with Gasteiger partial charge in [0.25, 0.3) is 0 Å². The number of fused-ring (bicyclic) bond motifs is 2. The maximum atomic E-state index is 3.76. The topological polar surface area (TPSA) is 0 Å². The predicted octanol–water partition coefficient (Wildman–Crippen LogP) is 11.5. The molecule has 0 fully saturated rings. The molecule has 0 aliphatic heterocycles. The van der Waals surface area contributed by atoms with Crippen LogP contribution in [0, 0.1) is 0 Å². The van der Waals surface area contributed by atoms with Crippen LogP contribution in [-0.2, 0) is 12.8 Å². The summed E-state index contributed by atoms with van der Waals surface area (Å²) in [5.41, 5.74) is 7.98. The molecule has 0 heterocycles. The Labute approximate surface area is 232 Å². The number of hydrogen-bond acceptors (Lipinski definition) is 0. The van der Waals surface area contributed by atoms with Gasteiger partial charge >= 0.3 is 0 Å². The summed E-state index contributed by atoms with van der Waals surface area (Å²) in [6.45, 7) is 4.51. The lowest BCUT2D eigenvalue weighted by Crippen LogP contribution is -1.92. The summed E-state index contributed by atoms with van der Waals surface area (Å²) in [5.74, 6) is 0. The second-order valence-corrected chi connectivity index (χ2v) is 11.6. The molecule has 0 N–H and O–H groups in total. The van der Waals surface area contributed by atoms with Crippen LogP contribution >= 0.6 is 31.9 Å². The number of unbranched alkanes of at least 4 members (excludes halogenated alkanes) is 2. The summed E-state index contributed by atoms with van der Waals surface area (Å²) in [4.78, 5) is 0. The maximum absolute atomic E-state index is 3.76. The molecule has 0 atom stereocenters. The van der Waals surface area contributed by atoms with Gasteiger partial charge in [-0.1, -0.05) is 119 Å². The number of aryl methyl sites for hydroxylation is 2. The van der Waals surface area contributed by atoms with Crippen LogP contribution in [0.3, 0.4) is 0 Å². The van der Waals surface area contributed by atoms with Crippen molar-refractivity contribution >= 4 is 53.4 Å². The molecule has 0 amide bonds. The minimum atomic E-state index is 1.10. The van der Waals surface area contributed by atoms with Gasteiger partial charge in [-0.05, 0) is 105 Å². The monoisotopic (exact) mass is 598 g/mol. The van der Waals surface area contributed by atoms with Crippen molar-refractivity contribution in [3.05, 3.63) is 105 Å². The zero-order chi connectivity index (χ0) is 25.1. The second kappa shape index (κ2) is 11.3. The Bertz CT molecular complexity index is 1380. The fraction of sp³-hybridized carbons (Fsp3) is 0.235. The van der Waals surface area contributed by atoms with Crippen molar-refractivity contribution in [2.24, 2.45) is 0 Å². The lowest BCUT2D eigenvalue weighted by molar-refractivity contribution is 0.795. The van der Waals surface area contributed by atoms with Crippen molar-refractivity contribution in [2.75, 3.05) is 0 Å². The minimum absolute atomic E-state index is 1.10. The molecule has 36 heavy (non-hydrogen) atoms. The van der Waals surface area contributed by atoms with Crippen molar-refractivity contribution in [3.8, 4) is 22.3 Å². The molecule has 0 saturated carbocycles. The van der Waals surface area contributed by atoms with E-state index in [1.54, 1.807) is 0 Å². The van der Waals surface area contributed by atoms with E-state index in [0.717, 1.165) is 21.8 Å². The van der Waals surface area contributed by atoms with Crippen molar-refractivity contribution < 1.29 is 0 Å². The summed E-state index contributed by atoms with van der Waals surface area (Å²) >= 11 is 7.52. The Balaban J connectivity index is 1.76. The summed E-state index contributed by atoms with van der Waals surface area (Å²) < 4.78 is 2.21. The zero-order valence-electron chi connectivity index (χ0n) is 21.1. The predicted molar refractivity (Wildman–Crippen MR) is 165 cm³/mol. The molecule has 0 saturated heterocycles. The number of hydrogen-bond donors (Lipinski definition) is 0. The van der Waals surface area contributed by atoms with E-state index in [9.17, 15) is 0 Å². The molecular weight excluding hydrogens is 568 g/mol. The zero-order valence-corrected chi connectivity index (χ0v) is 24.3. The summed E-state index contributed by atoms with van der Waals surface area (Å²) in [7, 11) is 0. The molecule has 5 aromatic carbocycles. The fourth-order valence-corrected chi connectivity index (χ4v) is 5.95. The summed E-state index contributed by atoms with van der Waals surface area (Å²) in [5, 5.41) is 5.14. The second-order valence-electron chi connectivity index (χ2n) is 9.73. The first kappa shape index (κ1) is 25.2. The molecule has 0 spiro atoms. The number of benzene rings is 5. The van der Waals surface area contributed by atoms with Gasteiger partial charge in [0.05, 0.1) is 0 Å². The van der Waals surface area contributed by atoms with E-state index >= 15 is 0 Å². The summed E-state index contributed by atoms with van der Waals surface area (Å²) in [6, 6.07) is 31.9. The Morgan fingerprint density at radius 1 is 0.472 bits per heavy atom. The molecule has 0 aliphatic carbocycles. The van der Waals surface area contributed by atoms with Crippen LogP contribution in [0.1, 0.15) is 50.7 Å². The molecule has 5 aromatic rings. The standard InChI is InChI=1S/C34H32Br2/c1-3-5-7-23-9-13-25(14-10-23)33-29-19-17-28(36)22-32(29)34(30-20-18-27(35)21-31(30)33)26-15-11-24(12-16-26)8-6-4-2/h9-22H,3-8H2,1-2H3. The van der Waals surface area contributed by atoms with Crippen LogP contribution in [0.25, 0.3) is 43.8 Å². The maximum Gasteiger partial charge on any atom is 0.0181 e. The Morgan fingerprint density at radius 3 is 1.22 bits per heavy atom. The third-order valence-corrected chi connectivity index (χ3v) is 8.15. The van der Waals surface area contributed by atoms with Gasteiger partial charge in [-0.25, -0.2) is 0 Å². The van der Waals surface area contributed by atoms with E-state index in [1.165, 1.54) is 80.6 Å². The summed E-state index contributed by atoms with van der Waals surface area (Å²) in [6.07, 6.45) is 7.20. The average molecular weight is 600 g/mol. The molecule has 0 aliphatic rings. The van der Waals surface area contributed by atoms with E-state index in [1.807, 2.05) is 0 Å². The lowest BCUT2D eigenvalue weighted by atomic mass is 9.85. The lowest BCUT2D eigenvalue weighted by Gasteiger charge is -2.19.